The van der Waals surface area contributed by atoms with Gasteiger partial charge in [0.05, 0.1) is 7.11 Å². The highest BCUT2D eigenvalue weighted by Gasteiger charge is 2.32. The number of aromatic amines is 1. The zero-order valence-corrected chi connectivity index (χ0v) is 11.7. The molecule has 0 fully saturated rings. The average molecular weight is 299 g/mol. The van der Waals surface area contributed by atoms with Crippen LogP contribution in [-0.4, -0.2) is 30.0 Å². The van der Waals surface area contributed by atoms with E-state index in [1.54, 1.807) is 18.3 Å². The Morgan fingerprint density at radius 2 is 2.32 bits per heavy atom. The van der Waals surface area contributed by atoms with Crippen molar-refractivity contribution in [1.29, 1.82) is 0 Å². The topological polar surface area (TPSA) is 120 Å². The quantitative estimate of drug-likeness (QED) is 0.380. The molecule has 2 atom stereocenters. The SMILES string of the molecule is COC(=O)[C@@H]1Cc2c[nH]c3cccc(c23)[C@@H](N=[N+]=[N-])C(=O)N1. The van der Waals surface area contributed by atoms with Crippen LogP contribution in [0.4, 0.5) is 0 Å². The van der Waals surface area contributed by atoms with Crippen molar-refractivity contribution in [3.05, 3.63) is 46.0 Å². The molecule has 8 nitrogen and oxygen atoms in total. The van der Waals surface area contributed by atoms with E-state index in [1.807, 2.05) is 6.07 Å². The summed E-state index contributed by atoms with van der Waals surface area (Å²) in [5, 5.41) is 6.99. The van der Waals surface area contributed by atoms with Gasteiger partial charge in [0.15, 0.2) is 0 Å². The highest BCUT2D eigenvalue weighted by atomic mass is 16.5. The summed E-state index contributed by atoms with van der Waals surface area (Å²) in [5.41, 5.74) is 11.1. The Kier molecular flexibility index (Phi) is 3.44. The van der Waals surface area contributed by atoms with Gasteiger partial charge in [0.2, 0.25) is 5.91 Å². The lowest BCUT2D eigenvalue weighted by atomic mass is 9.94. The lowest BCUT2D eigenvalue weighted by Gasteiger charge is -2.23. The van der Waals surface area contributed by atoms with Crippen molar-refractivity contribution in [3.8, 4) is 0 Å². The first-order valence-corrected chi connectivity index (χ1v) is 6.67. The number of H-pyrrole nitrogens is 1. The molecular formula is C14H13N5O3. The number of nitrogens with zero attached hydrogens (tertiary/aromatic N) is 3. The molecule has 1 aliphatic rings. The van der Waals surface area contributed by atoms with Crippen LogP contribution in [0.1, 0.15) is 17.2 Å². The standard InChI is InChI=1S/C14H13N5O3/c1-22-14(21)10-5-7-6-16-9-4-2-3-8(11(7)9)12(18-19-15)13(20)17-10/h2-4,6,10,12,16H,5H2,1H3,(H,17,20)/t10-,12+/m0/s1. The van der Waals surface area contributed by atoms with Crippen LogP contribution < -0.4 is 5.32 Å². The number of ether oxygens (including phenoxy) is 1. The van der Waals surface area contributed by atoms with Gasteiger partial charge >= 0.3 is 5.97 Å². The second kappa shape index (κ2) is 5.42. The van der Waals surface area contributed by atoms with Gasteiger partial charge in [-0.15, -0.1) is 0 Å². The maximum absolute atomic E-state index is 12.4. The van der Waals surface area contributed by atoms with E-state index in [2.05, 4.69) is 20.3 Å². The van der Waals surface area contributed by atoms with E-state index < -0.39 is 24.0 Å². The summed E-state index contributed by atoms with van der Waals surface area (Å²) < 4.78 is 4.72. The molecule has 3 rings (SSSR count). The molecule has 0 saturated heterocycles. The smallest absolute Gasteiger partial charge is 0.328 e. The molecule has 0 unspecified atom stereocenters. The molecular weight excluding hydrogens is 286 g/mol. The largest absolute Gasteiger partial charge is 0.467 e. The fourth-order valence-corrected chi connectivity index (χ4v) is 2.79. The van der Waals surface area contributed by atoms with Gasteiger partial charge in [-0.3, -0.25) is 4.79 Å². The molecule has 0 aliphatic carbocycles. The number of aromatic nitrogens is 1. The fourth-order valence-electron chi connectivity index (χ4n) is 2.79. The molecule has 2 heterocycles. The number of amides is 1. The van der Waals surface area contributed by atoms with Crippen molar-refractivity contribution in [3.63, 3.8) is 0 Å². The minimum atomic E-state index is -1.03. The van der Waals surface area contributed by atoms with Crippen LogP contribution in [-0.2, 0) is 20.7 Å². The molecule has 0 bridgehead atoms. The summed E-state index contributed by atoms with van der Waals surface area (Å²) in [6.07, 6.45) is 2.09. The van der Waals surface area contributed by atoms with Gasteiger partial charge in [-0.2, -0.15) is 0 Å². The molecule has 8 heteroatoms. The van der Waals surface area contributed by atoms with E-state index in [9.17, 15) is 9.59 Å². The molecule has 1 amide bonds. The number of benzene rings is 1. The molecule has 2 aromatic rings. The van der Waals surface area contributed by atoms with E-state index in [1.165, 1.54) is 7.11 Å². The Morgan fingerprint density at radius 3 is 3.05 bits per heavy atom. The van der Waals surface area contributed by atoms with Crippen molar-refractivity contribution in [2.45, 2.75) is 18.5 Å². The maximum Gasteiger partial charge on any atom is 0.328 e. The van der Waals surface area contributed by atoms with Gasteiger partial charge < -0.3 is 15.0 Å². The van der Waals surface area contributed by atoms with Crippen molar-refractivity contribution in [2.24, 2.45) is 5.11 Å². The van der Waals surface area contributed by atoms with Crippen molar-refractivity contribution in [1.82, 2.24) is 10.3 Å². The van der Waals surface area contributed by atoms with E-state index in [-0.39, 0.29) is 0 Å². The molecule has 22 heavy (non-hydrogen) atoms. The van der Waals surface area contributed by atoms with E-state index in [0.29, 0.717) is 12.0 Å². The second-order valence-electron chi connectivity index (χ2n) is 4.98. The number of carbonyl (C=O) groups excluding carboxylic acids is 2. The molecule has 112 valence electrons. The minimum absolute atomic E-state index is 0.304. The van der Waals surface area contributed by atoms with E-state index in [0.717, 1.165) is 16.5 Å². The predicted molar refractivity (Wildman–Crippen MR) is 77.8 cm³/mol. The minimum Gasteiger partial charge on any atom is -0.467 e. The summed E-state index contributed by atoms with van der Waals surface area (Å²) in [6, 6.07) is 3.54. The maximum atomic E-state index is 12.4. The predicted octanol–water partition coefficient (Wildman–Crippen LogP) is 1.73. The number of nitrogens with one attached hydrogen (secondary N) is 2. The Morgan fingerprint density at radius 1 is 1.50 bits per heavy atom. The van der Waals surface area contributed by atoms with Crippen LogP contribution in [0.3, 0.4) is 0 Å². The summed E-state index contributed by atoms with van der Waals surface area (Å²) >= 11 is 0. The molecule has 0 radical (unpaired) electrons. The van der Waals surface area contributed by atoms with Crippen LogP contribution in [0.15, 0.2) is 29.5 Å². The van der Waals surface area contributed by atoms with Crippen LogP contribution in [0, 0.1) is 0 Å². The first-order valence-electron chi connectivity index (χ1n) is 6.67. The molecule has 1 aromatic heterocycles. The van der Waals surface area contributed by atoms with Gasteiger partial charge in [0.25, 0.3) is 0 Å². The Hall–Kier alpha value is -2.99. The molecule has 1 aromatic carbocycles. The van der Waals surface area contributed by atoms with Crippen molar-refractivity contribution in [2.75, 3.05) is 7.11 Å². The van der Waals surface area contributed by atoms with Crippen LogP contribution >= 0.6 is 0 Å². The van der Waals surface area contributed by atoms with Gasteiger partial charge in [-0.1, -0.05) is 17.2 Å². The van der Waals surface area contributed by atoms with Crippen LogP contribution in [0.2, 0.25) is 0 Å². The zero-order valence-electron chi connectivity index (χ0n) is 11.7. The first kappa shape index (κ1) is 14.0. The third kappa shape index (κ3) is 2.15. The lowest BCUT2D eigenvalue weighted by Crippen LogP contribution is -2.45. The number of esters is 1. The lowest BCUT2D eigenvalue weighted by molar-refractivity contribution is -0.145. The highest BCUT2D eigenvalue weighted by molar-refractivity contribution is 5.96. The highest BCUT2D eigenvalue weighted by Crippen LogP contribution is 2.32. The number of methoxy groups -OCH3 is 1. The molecule has 0 spiro atoms. The van der Waals surface area contributed by atoms with Crippen molar-refractivity contribution >= 4 is 22.8 Å². The Balaban J connectivity index is 2.23. The summed E-state index contributed by atoms with van der Waals surface area (Å²) in [7, 11) is 1.26. The third-order valence-corrected chi connectivity index (χ3v) is 3.76. The molecule has 2 N–H and O–H groups in total. The average Bonchev–Trinajstić information content (AvgIpc) is 2.93. The third-order valence-electron chi connectivity index (χ3n) is 3.76. The fraction of sp³-hybridized carbons (Fsp3) is 0.286. The monoisotopic (exact) mass is 299 g/mol. The van der Waals surface area contributed by atoms with Gasteiger partial charge in [-0.25, -0.2) is 4.79 Å². The zero-order chi connectivity index (χ0) is 15.7. The first-order chi connectivity index (χ1) is 10.7. The Bertz CT molecular complexity index is 806. The molecule has 0 saturated carbocycles. The van der Waals surface area contributed by atoms with Gasteiger partial charge in [-0.05, 0) is 22.7 Å². The molecule has 1 aliphatic heterocycles. The van der Waals surface area contributed by atoms with E-state index in [4.69, 9.17) is 10.3 Å². The van der Waals surface area contributed by atoms with Crippen LogP contribution in [0.5, 0.6) is 0 Å². The van der Waals surface area contributed by atoms with Gasteiger partial charge in [0, 0.05) is 28.4 Å². The normalized spacial score (nSPS) is 20.5. The second-order valence-corrected chi connectivity index (χ2v) is 4.98. The van der Waals surface area contributed by atoms with E-state index >= 15 is 0 Å². The number of rotatable bonds is 2. The number of hydrogen-bond acceptors (Lipinski definition) is 4. The van der Waals surface area contributed by atoms with Gasteiger partial charge in [0.1, 0.15) is 12.1 Å². The summed E-state index contributed by atoms with van der Waals surface area (Å²) in [4.78, 5) is 30.1. The number of carbonyl (C=O) groups is 2. The number of azide groups is 1. The summed E-state index contributed by atoms with van der Waals surface area (Å²) in [5.74, 6) is -1.06. The van der Waals surface area contributed by atoms with Crippen molar-refractivity contribution < 1.29 is 14.3 Å². The summed E-state index contributed by atoms with van der Waals surface area (Å²) in [6.45, 7) is 0. The van der Waals surface area contributed by atoms with Crippen LogP contribution in [0.25, 0.3) is 21.3 Å². The Labute approximate surface area is 125 Å². The number of hydrogen-bond donors (Lipinski definition) is 2.